The van der Waals surface area contributed by atoms with Crippen LogP contribution in [0.5, 0.6) is 0 Å². The maximum atomic E-state index is 5.89. The molecule has 0 bridgehead atoms. The molecular weight excluding hydrogens is 326 g/mol. The monoisotopic (exact) mass is 335 g/mol. The quantitative estimate of drug-likeness (QED) is 0.770. The van der Waals surface area contributed by atoms with Gasteiger partial charge in [-0.1, -0.05) is 23.7 Å². The molecule has 5 heteroatoms. The van der Waals surface area contributed by atoms with Gasteiger partial charge >= 0.3 is 0 Å². The largest absolute Gasteiger partial charge is 0.398 e. The molecule has 0 unspecified atom stereocenters. The van der Waals surface area contributed by atoms with Gasteiger partial charge in [-0.25, -0.2) is 4.98 Å². The minimum Gasteiger partial charge on any atom is -0.398 e. The summed E-state index contributed by atoms with van der Waals surface area (Å²) in [5, 5.41) is 0.738. The maximum Gasteiger partial charge on any atom is 0.132 e. The Bertz CT molecular complexity index is 734. The summed E-state index contributed by atoms with van der Waals surface area (Å²) in [4.78, 5) is 4.54. The van der Waals surface area contributed by atoms with Gasteiger partial charge in [-0.15, -0.1) is 0 Å². The summed E-state index contributed by atoms with van der Waals surface area (Å²) in [6.45, 7) is 0. The minimum atomic E-state index is 0.717. The number of nitrogens with two attached hydrogens (primary N) is 1. The van der Waals surface area contributed by atoms with Gasteiger partial charge in [0.2, 0.25) is 0 Å². The lowest BCUT2D eigenvalue weighted by molar-refractivity contribution is 0.960. The van der Waals surface area contributed by atoms with Crippen molar-refractivity contribution < 1.29 is 0 Å². The van der Waals surface area contributed by atoms with E-state index in [-0.39, 0.29) is 0 Å². The predicted octanol–water partition coefficient (Wildman–Crippen LogP) is 3.92. The number of imidazole rings is 1. The van der Waals surface area contributed by atoms with Crippen LogP contribution in [-0.2, 0) is 6.42 Å². The summed E-state index contributed by atoms with van der Waals surface area (Å²) >= 11 is 9.36. The van der Waals surface area contributed by atoms with Gasteiger partial charge < -0.3 is 10.1 Å². The number of aromatic nitrogens is 2. The van der Waals surface area contributed by atoms with Crippen molar-refractivity contribution in [1.29, 1.82) is 0 Å². The fraction of sp³-hybridized carbons (Fsp3) is 0.0714. The fourth-order valence-electron chi connectivity index (χ4n) is 2.03. The molecule has 3 rings (SSSR count). The molecule has 2 aromatic heterocycles. The molecule has 0 aliphatic rings. The average Bonchev–Trinajstić information content (AvgIpc) is 2.69. The number of anilines is 1. The van der Waals surface area contributed by atoms with Crippen molar-refractivity contribution in [2.75, 3.05) is 5.73 Å². The lowest BCUT2D eigenvalue weighted by atomic mass is 10.1. The van der Waals surface area contributed by atoms with Gasteiger partial charge in [0, 0.05) is 23.3 Å². The molecule has 2 heterocycles. The highest BCUT2D eigenvalue weighted by Crippen LogP contribution is 2.22. The molecule has 0 aliphatic carbocycles. The first-order valence-electron chi connectivity index (χ1n) is 5.80. The van der Waals surface area contributed by atoms with Crippen LogP contribution in [-0.4, -0.2) is 9.38 Å². The van der Waals surface area contributed by atoms with Crippen molar-refractivity contribution in [1.82, 2.24) is 9.38 Å². The van der Waals surface area contributed by atoms with Crippen LogP contribution in [0.4, 0.5) is 5.69 Å². The van der Waals surface area contributed by atoms with Crippen molar-refractivity contribution in [3.8, 4) is 0 Å². The maximum absolute atomic E-state index is 5.89. The van der Waals surface area contributed by atoms with Gasteiger partial charge in [-0.05, 0) is 45.8 Å². The van der Waals surface area contributed by atoms with E-state index in [1.54, 1.807) is 0 Å². The van der Waals surface area contributed by atoms with Crippen LogP contribution < -0.4 is 5.73 Å². The zero-order chi connectivity index (χ0) is 13.4. The average molecular weight is 337 g/mol. The zero-order valence-corrected chi connectivity index (χ0v) is 12.3. The topological polar surface area (TPSA) is 43.3 Å². The number of pyridine rings is 1. The van der Waals surface area contributed by atoms with Crippen molar-refractivity contribution in [2.24, 2.45) is 0 Å². The molecule has 0 saturated carbocycles. The van der Waals surface area contributed by atoms with Gasteiger partial charge in [0.15, 0.2) is 0 Å². The van der Waals surface area contributed by atoms with Crippen molar-refractivity contribution in [3.63, 3.8) is 0 Å². The van der Waals surface area contributed by atoms with E-state index < -0.39 is 0 Å². The molecule has 0 atom stereocenters. The fourth-order valence-corrected chi connectivity index (χ4v) is 2.69. The van der Waals surface area contributed by atoms with E-state index in [0.29, 0.717) is 0 Å². The molecule has 0 fully saturated rings. The normalized spacial score (nSPS) is 11.1. The van der Waals surface area contributed by atoms with E-state index in [4.69, 9.17) is 17.3 Å². The molecule has 0 radical (unpaired) electrons. The van der Waals surface area contributed by atoms with Crippen molar-refractivity contribution in [2.45, 2.75) is 6.42 Å². The Labute approximate surface area is 124 Å². The number of hydrogen-bond acceptors (Lipinski definition) is 2. The number of fused-ring (bicyclic) bond motifs is 1. The van der Waals surface area contributed by atoms with Crippen LogP contribution in [0.3, 0.4) is 0 Å². The second kappa shape index (κ2) is 4.87. The van der Waals surface area contributed by atoms with E-state index in [1.165, 1.54) is 0 Å². The zero-order valence-electron chi connectivity index (χ0n) is 9.98. The Morgan fingerprint density at radius 1 is 1.16 bits per heavy atom. The van der Waals surface area contributed by atoms with Gasteiger partial charge in [0.25, 0.3) is 0 Å². The lowest BCUT2D eigenvalue weighted by Gasteiger charge is -2.03. The van der Waals surface area contributed by atoms with Gasteiger partial charge in [-0.3, -0.25) is 0 Å². The third-order valence-electron chi connectivity index (χ3n) is 2.96. The molecular formula is C14H11BrClN3. The van der Waals surface area contributed by atoms with E-state index in [2.05, 4.69) is 20.9 Å². The number of halogens is 2. The van der Waals surface area contributed by atoms with Crippen molar-refractivity contribution >= 4 is 38.7 Å². The Kier molecular flexibility index (Phi) is 3.21. The highest BCUT2D eigenvalue weighted by molar-refractivity contribution is 9.10. The van der Waals surface area contributed by atoms with E-state index in [1.807, 2.05) is 47.0 Å². The molecule has 0 saturated heterocycles. The SMILES string of the molecule is Nc1ccc2c(Br)nc(Cc3ccc(Cl)cc3)n2c1. The molecule has 0 spiro atoms. The van der Waals surface area contributed by atoms with Crippen LogP contribution in [0.2, 0.25) is 5.02 Å². The molecule has 1 aromatic carbocycles. The molecule has 0 amide bonds. The van der Waals surface area contributed by atoms with Gasteiger partial charge in [0.1, 0.15) is 10.4 Å². The first-order chi connectivity index (χ1) is 9.13. The van der Waals surface area contributed by atoms with E-state index >= 15 is 0 Å². The second-order valence-corrected chi connectivity index (χ2v) is 5.53. The Hall–Kier alpha value is -1.52. The molecule has 3 aromatic rings. The minimum absolute atomic E-state index is 0.717. The van der Waals surface area contributed by atoms with E-state index in [0.717, 1.165) is 38.6 Å². The molecule has 96 valence electrons. The highest BCUT2D eigenvalue weighted by Gasteiger charge is 2.09. The summed E-state index contributed by atoms with van der Waals surface area (Å²) in [6.07, 6.45) is 2.62. The summed E-state index contributed by atoms with van der Waals surface area (Å²) < 4.78 is 2.84. The summed E-state index contributed by atoms with van der Waals surface area (Å²) in [6, 6.07) is 11.6. The van der Waals surface area contributed by atoms with Crippen LogP contribution in [0, 0.1) is 0 Å². The Balaban J connectivity index is 2.05. The Morgan fingerprint density at radius 3 is 2.63 bits per heavy atom. The summed E-state index contributed by atoms with van der Waals surface area (Å²) in [7, 11) is 0. The lowest BCUT2D eigenvalue weighted by Crippen LogP contribution is -1.97. The van der Waals surface area contributed by atoms with Gasteiger partial charge in [-0.2, -0.15) is 0 Å². The number of rotatable bonds is 2. The molecule has 19 heavy (non-hydrogen) atoms. The number of benzene rings is 1. The standard InChI is InChI=1S/C14H11BrClN3/c15-14-12-6-5-11(17)8-19(12)13(18-14)7-9-1-3-10(16)4-2-9/h1-6,8H,7,17H2. The molecule has 3 nitrogen and oxygen atoms in total. The summed E-state index contributed by atoms with van der Waals surface area (Å²) in [5.74, 6) is 0.941. The number of nitrogen functional groups attached to an aromatic ring is 1. The summed E-state index contributed by atoms with van der Waals surface area (Å²) in [5.41, 5.74) is 8.72. The van der Waals surface area contributed by atoms with Crippen molar-refractivity contribution in [3.05, 3.63) is 63.6 Å². The van der Waals surface area contributed by atoms with Crippen LogP contribution in [0.15, 0.2) is 47.2 Å². The smallest absolute Gasteiger partial charge is 0.132 e. The van der Waals surface area contributed by atoms with Crippen LogP contribution >= 0.6 is 27.5 Å². The Morgan fingerprint density at radius 2 is 1.89 bits per heavy atom. The third-order valence-corrected chi connectivity index (χ3v) is 3.80. The first-order valence-corrected chi connectivity index (χ1v) is 6.97. The molecule has 2 N–H and O–H groups in total. The number of hydrogen-bond donors (Lipinski definition) is 1. The molecule has 0 aliphatic heterocycles. The first kappa shape index (κ1) is 12.5. The van der Waals surface area contributed by atoms with E-state index in [9.17, 15) is 0 Å². The third kappa shape index (κ3) is 2.46. The van der Waals surface area contributed by atoms with Crippen LogP contribution in [0.1, 0.15) is 11.4 Å². The highest BCUT2D eigenvalue weighted by atomic mass is 79.9. The predicted molar refractivity (Wildman–Crippen MR) is 81.6 cm³/mol. The number of nitrogens with zero attached hydrogens (tertiary/aromatic N) is 2. The van der Waals surface area contributed by atoms with Crippen LogP contribution in [0.25, 0.3) is 5.52 Å². The van der Waals surface area contributed by atoms with Gasteiger partial charge in [0.05, 0.1) is 5.52 Å². The second-order valence-electron chi connectivity index (χ2n) is 4.34.